The van der Waals surface area contributed by atoms with Gasteiger partial charge in [0.05, 0.1) is 18.5 Å². The second kappa shape index (κ2) is 8.26. The Labute approximate surface area is 170 Å². The Bertz CT molecular complexity index is 987. The van der Waals surface area contributed by atoms with Crippen molar-refractivity contribution in [1.29, 1.82) is 0 Å². The molecule has 7 nitrogen and oxygen atoms in total. The number of rotatable bonds is 5. The highest BCUT2D eigenvalue weighted by molar-refractivity contribution is 5.90. The lowest BCUT2D eigenvalue weighted by Crippen LogP contribution is -2.39. The van der Waals surface area contributed by atoms with Crippen LogP contribution in [0.5, 0.6) is 5.75 Å². The molecule has 1 aliphatic rings. The molecule has 0 saturated carbocycles. The number of benzene rings is 2. The van der Waals surface area contributed by atoms with Gasteiger partial charge in [-0.3, -0.25) is 0 Å². The van der Waals surface area contributed by atoms with E-state index in [1.54, 1.807) is 18.0 Å². The molecule has 150 valence electrons. The molecule has 1 atom stereocenters. The van der Waals surface area contributed by atoms with Crippen molar-refractivity contribution in [3.63, 3.8) is 0 Å². The molecule has 2 aromatic carbocycles. The van der Waals surface area contributed by atoms with Crippen LogP contribution in [0.4, 0.5) is 16.2 Å². The lowest BCUT2D eigenvalue weighted by molar-refractivity contribution is 0.249. The number of hydrogen-bond acceptors (Lipinski definition) is 4. The van der Waals surface area contributed by atoms with E-state index in [0.717, 1.165) is 47.9 Å². The fourth-order valence-electron chi connectivity index (χ4n) is 3.68. The number of aromatic nitrogens is 2. The summed E-state index contributed by atoms with van der Waals surface area (Å²) < 4.78 is 7.25. The minimum absolute atomic E-state index is 0.0866. The van der Waals surface area contributed by atoms with E-state index >= 15 is 0 Å². The van der Waals surface area contributed by atoms with Crippen LogP contribution in [-0.4, -0.2) is 42.1 Å². The zero-order valence-electron chi connectivity index (χ0n) is 16.6. The molecule has 1 aromatic heterocycles. The van der Waals surface area contributed by atoms with Crippen LogP contribution in [0.1, 0.15) is 12.0 Å². The molecular formula is C22H25N5O2. The zero-order chi connectivity index (χ0) is 20.2. The SMILES string of the molecule is COc1ccccc1N1CC[C@@H](NC(=O)Nc2ccc(-n3cccn3)cc2C)C1. The van der Waals surface area contributed by atoms with E-state index in [9.17, 15) is 4.79 Å². The van der Waals surface area contributed by atoms with Crippen LogP contribution < -0.4 is 20.3 Å². The normalized spacial score (nSPS) is 15.9. The molecule has 0 unspecified atom stereocenters. The van der Waals surface area contributed by atoms with Gasteiger partial charge in [-0.05, 0) is 55.3 Å². The predicted molar refractivity (Wildman–Crippen MR) is 114 cm³/mol. The molecule has 2 amide bonds. The number of amides is 2. The summed E-state index contributed by atoms with van der Waals surface area (Å²) in [5, 5.41) is 10.3. The molecule has 0 bridgehead atoms. The number of carbonyl (C=O) groups excluding carboxylic acids is 1. The molecule has 0 radical (unpaired) electrons. The molecule has 2 heterocycles. The standard InChI is InChI=1S/C22H25N5O2/c1-16-14-18(27-12-5-11-23-27)8-9-19(16)25-22(28)24-17-10-13-26(15-17)20-6-3-4-7-21(20)29-2/h3-9,11-12,14,17H,10,13,15H2,1-2H3,(H2,24,25,28)/t17-/m1/s1. The topological polar surface area (TPSA) is 71.4 Å². The van der Waals surface area contributed by atoms with Crippen LogP contribution >= 0.6 is 0 Å². The van der Waals surface area contributed by atoms with E-state index in [0.29, 0.717) is 0 Å². The van der Waals surface area contributed by atoms with E-state index in [4.69, 9.17) is 4.74 Å². The summed E-state index contributed by atoms with van der Waals surface area (Å²) in [5.41, 5.74) is 3.79. The van der Waals surface area contributed by atoms with Crippen molar-refractivity contribution in [2.45, 2.75) is 19.4 Å². The molecular weight excluding hydrogens is 366 g/mol. The first kappa shape index (κ1) is 18.9. The number of carbonyl (C=O) groups is 1. The number of hydrogen-bond donors (Lipinski definition) is 2. The van der Waals surface area contributed by atoms with Gasteiger partial charge in [0.2, 0.25) is 0 Å². The number of aryl methyl sites for hydroxylation is 1. The Kier molecular flexibility index (Phi) is 5.37. The summed E-state index contributed by atoms with van der Waals surface area (Å²) in [6.45, 7) is 3.61. The van der Waals surface area contributed by atoms with Crippen LogP contribution in [0.15, 0.2) is 60.9 Å². The van der Waals surface area contributed by atoms with Gasteiger partial charge in [0, 0.05) is 37.2 Å². The van der Waals surface area contributed by atoms with E-state index in [2.05, 4.69) is 20.6 Å². The van der Waals surface area contributed by atoms with Gasteiger partial charge < -0.3 is 20.3 Å². The monoisotopic (exact) mass is 391 g/mol. The van der Waals surface area contributed by atoms with Crippen molar-refractivity contribution in [3.8, 4) is 11.4 Å². The van der Waals surface area contributed by atoms with E-state index in [-0.39, 0.29) is 12.1 Å². The first-order chi connectivity index (χ1) is 14.1. The Morgan fingerprint density at radius 1 is 1.21 bits per heavy atom. The summed E-state index contributed by atoms with van der Waals surface area (Å²) in [7, 11) is 1.68. The molecule has 1 aliphatic heterocycles. The van der Waals surface area contributed by atoms with Crippen LogP contribution in [0.3, 0.4) is 0 Å². The van der Waals surface area contributed by atoms with Gasteiger partial charge >= 0.3 is 6.03 Å². The van der Waals surface area contributed by atoms with Gasteiger partial charge in [-0.2, -0.15) is 5.10 Å². The molecule has 7 heteroatoms. The van der Waals surface area contributed by atoms with Gasteiger partial charge in [-0.15, -0.1) is 0 Å². The van der Waals surface area contributed by atoms with Crippen LogP contribution in [-0.2, 0) is 0 Å². The number of anilines is 2. The molecule has 2 N–H and O–H groups in total. The molecule has 1 saturated heterocycles. The quantitative estimate of drug-likeness (QED) is 0.697. The minimum Gasteiger partial charge on any atom is -0.495 e. The first-order valence-corrected chi connectivity index (χ1v) is 9.70. The Balaban J connectivity index is 1.36. The summed E-state index contributed by atoms with van der Waals surface area (Å²) in [6, 6.07) is 15.6. The van der Waals surface area contributed by atoms with Gasteiger partial charge in [0.15, 0.2) is 0 Å². The van der Waals surface area contributed by atoms with Gasteiger partial charge in [-0.1, -0.05) is 12.1 Å². The predicted octanol–water partition coefficient (Wildman–Crippen LogP) is 3.59. The van der Waals surface area contributed by atoms with E-state index in [1.807, 2.05) is 61.7 Å². The number of para-hydroxylation sites is 2. The van der Waals surface area contributed by atoms with Gasteiger partial charge in [0.25, 0.3) is 0 Å². The number of methoxy groups -OCH3 is 1. The Morgan fingerprint density at radius 3 is 2.83 bits per heavy atom. The van der Waals surface area contributed by atoms with Crippen molar-refractivity contribution in [1.82, 2.24) is 15.1 Å². The van der Waals surface area contributed by atoms with Gasteiger partial charge in [-0.25, -0.2) is 9.48 Å². The van der Waals surface area contributed by atoms with Crippen molar-refractivity contribution < 1.29 is 9.53 Å². The summed E-state index contributed by atoms with van der Waals surface area (Å²) in [5.74, 6) is 0.852. The molecule has 0 aliphatic carbocycles. The third-order valence-corrected chi connectivity index (χ3v) is 5.18. The fraction of sp³-hybridized carbons (Fsp3) is 0.273. The summed E-state index contributed by atoms with van der Waals surface area (Å²) >= 11 is 0. The average Bonchev–Trinajstić information content (AvgIpc) is 3.42. The van der Waals surface area contributed by atoms with Gasteiger partial charge in [0.1, 0.15) is 5.75 Å². The molecule has 0 spiro atoms. The smallest absolute Gasteiger partial charge is 0.319 e. The van der Waals surface area contributed by atoms with Crippen LogP contribution in [0.25, 0.3) is 5.69 Å². The number of nitrogens with one attached hydrogen (secondary N) is 2. The number of ether oxygens (including phenoxy) is 1. The summed E-state index contributed by atoms with van der Waals surface area (Å²) in [4.78, 5) is 14.8. The van der Waals surface area contributed by atoms with Crippen LogP contribution in [0, 0.1) is 6.92 Å². The lowest BCUT2D eigenvalue weighted by Gasteiger charge is -2.21. The van der Waals surface area contributed by atoms with Crippen molar-refractivity contribution in [2.24, 2.45) is 0 Å². The highest BCUT2D eigenvalue weighted by Gasteiger charge is 2.25. The highest BCUT2D eigenvalue weighted by atomic mass is 16.5. The number of nitrogens with zero attached hydrogens (tertiary/aromatic N) is 3. The summed E-state index contributed by atoms with van der Waals surface area (Å²) in [6.07, 6.45) is 4.52. The lowest BCUT2D eigenvalue weighted by atomic mass is 10.2. The molecule has 1 fully saturated rings. The first-order valence-electron chi connectivity index (χ1n) is 9.70. The van der Waals surface area contributed by atoms with Crippen LogP contribution in [0.2, 0.25) is 0 Å². The molecule has 3 aromatic rings. The van der Waals surface area contributed by atoms with Crippen molar-refractivity contribution >= 4 is 17.4 Å². The Morgan fingerprint density at radius 2 is 2.07 bits per heavy atom. The maximum Gasteiger partial charge on any atom is 0.319 e. The largest absolute Gasteiger partial charge is 0.495 e. The molecule has 4 rings (SSSR count). The number of urea groups is 1. The zero-order valence-corrected chi connectivity index (χ0v) is 16.6. The second-order valence-electron chi connectivity index (χ2n) is 7.15. The highest BCUT2D eigenvalue weighted by Crippen LogP contribution is 2.30. The van der Waals surface area contributed by atoms with E-state index < -0.39 is 0 Å². The van der Waals surface area contributed by atoms with E-state index in [1.165, 1.54) is 0 Å². The maximum absolute atomic E-state index is 12.5. The second-order valence-corrected chi connectivity index (χ2v) is 7.15. The maximum atomic E-state index is 12.5. The fourth-order valence-corrected chi connectivity index (χ4v) is 3.68. The Hall–Kier alpha value is -3.48. The minimum atomic E-state index is -0.188. The van der Waals surface area contributed by atoms with Crippen molar-refractivity contribution in [2.75, 3.05) is 30.4 Å². The third-order valence-electron chi connectivity index (χ3n) is 5.18. The third kappa shape index (κ3) is 4.18. The average molecular weight is 391 g/mol. The van der Waals surface area contributed by atoms with Crippen molar-refractivity contribution in [3.05, 3.63) is 66.5 Å². The molecule has 29 heavy (non-hydrogen) atoms.